The van der Waals surface area contributed by atoms with E-state index in [1.807, 2.05) is 0 Å². The Morgan fingerprint density at radius 1 is 0.933 bits per heavy atom. The van der Waals surface area contributed by atoms with Crippen LogP contribution in [-0.4, -0.2) is 23.0 Å². The van der Waals surface area contributed by atoms with Crippen LogP contribution in [0.4, 0.5) is 11.4 Å². The van der Waals surface area contributed by atoms with Crippen molar-refractivity contribution in [2.75, 3.05) is 5.32 Å². The SMILES string of the molecule is O=C(N/N=C\c1ccc([N+](=O)[O-])cc1)c1ccc(NC(=O)c2ccccc2Cl)cc1. The maximum Gasteiger partial charge on any atom is 0.271 e. The van der Waals surface area contributed by atoms with E-state index in [9.17, 15) is 19.7 Å². The van der Waals surface area contributed by atoms with E-state index in [0.29, 0.717) is 27.4 Å². The van der Waals surface area contributed by atoms with Crippen LogP contribution in [0.3, 0.4) is 0 Å². The molecule has 0 aliphatic rings. The van der Waals surface area contributed by atoms with Crippen molar-refractivity contribution in [3.8, 4) is 0 Å². The first-order valence-electron chi connectivity index (χ1n) is 8.68. The molecule has 2 N–H and O–H groups in total. The Morgan fingerprint density at radius 2 is 1.60 bits per heavy atom. The van der Waals surface area contributed by atoms with Gasteiger partial charge in [-0.25, -0.2) is 5.43 Å². The molecule has 3 rings (SSSR count). The Hall–Kier alpha value is -4.04. The van der Waals surface area contributed by atoms with E-state index >= 15 is 0 Å². The highest BCUT2D eigenvalue weighted by Gasteiger charge is 2.10. The summed E-state index contributed by atoms with van der Waals surface area (Å²) in [6.45, 7) is 0. The number of hydrogen-bond donors (Lipinski definition) is 2. The standard InChI is InChI=1S/C21H15ClN4O4/c22-19-4-2-1-3-18(19)21(28)24-16-9-7-15(8-10-16)20(27)25-23-13-14-5-11-17(12-6-14)26(29)30/h1-13H,(H,24,28)(H,25,27)/b23-13-. The van der Waals surface area contributed by atoms with E-state index in [-0.39, 0.29) is 11.6 Å². The highest BCUT2D eigenvalue weighted by atomic mass is 35.5. The van der Waals surface area contributed by atoms with Gasteiger partial charge in [0.2, 0.25) is 0 Å². The van der Waals surface area contributed by atoms with E-state index in [2.05, 4.69) is 15.8 Å². The number of hydrazone groups is 1. The third-order valence-electron chi connectivity index (χ3n) is 4.01. The summed E-state index contributed by atoms with van der Waals surface area (Å²) in [4.78, 5) is 34.5. The van der Waals surface area contributed by atoms with Gasteiger partial charge in [0.05, 0.1) is 21.7 Å². The number of nitro benzene ring substituents is 1. The molecule has 0 bridgehead atoms. The average Bonchev–Trinajstić information content (AvgIpc) is 2.74. The molecule has 0 aliphatic heterocycles. The van der Waals surface area contributed by atoms with Crippen molar-refractivity contribution in [2.24, 2.45) is 5.10 Å². The molecular weight excluding hydrogens is 408 g/mol. The zero-order valence-corrected chi connectivity index (χ0v) is 16.2. The Bertz CT molecular complexity index is 1110. The first-order chi connectivity index (χ1) is 14.4. The molecule has 0 atom stereocenters. The number of anilines is 1. The molecule has 30 heavy (non-hydrogen) atoms. The van der Waals surface area contributed by atoms with Crippen LogP contribution in [0, 0.1) is 10.1 Å². The molecular formula is C21H15ClN4O4. The molecule has 0 saturated carbocycles. The summed E-state index contributed by atoms with van der Waals surface area (Å²) < 4.78 is 0. The summed E-state index contributed by atoms with van der Waals surface area (Å²) in [6.07, 6.45) is 1.37. The largest absolute Gasteiger partial charge is 0.322 e. The summed E-state index contributed by atoms with van der Waals surface area (Å²) >= 11 is 6.01. The third kappa shape index (κ3) is 5.27. The summed E-state index contributed by atoms with van der Waals surface area (Å²) in [6, 6.07) is 18.7. The lowest BCUT2D eigenvalue weighted by Crippen LogP contribution is -2.18. The first kappa shape index (κ1) is 20.7. The van der Waals surface area contributed by atoms with E-state index in [1.54, 1.807) is 48.5 Å². The topological polar surface area (TPSA) is 114 Å². The number of rotatable bonds is 6. The van der Waals surface area contributed by atoms with Crippen LogP contribution in [0.5, 0.6) is 0 Å². The molecule has 8 nitrogen and oxygen atoms in total. The summed E-state index contributed by atoms with van der Waals surface area (Å²) in [7, 11) is 0. The van der Waals surface area contributed by atoms with E-state index in [1.165, 1.54) is 30.5 Å². The van der Waals surface area contributed by atoms with Crippen LogP contribution in [0.1, 0.15) is 26.3 Å². The molecule has 3 aromatic rings. The molecule has 150 valence electrons. The Kier molecular flexibility index (Phi) is 6.51. The highest BCUT2D eigenvalue weighted by Crippen LogP contribution is 2.17. The molecule has 0 saturated heterocycles. The number of non-ortho nitro benzene ring substituents is 1. The third-order valence-corrected chi connectivity index (χ3v) is 4.34. The van der Waals surface area contributed by atoms with Crippen LogP contribution in [0.2, 0.25) is 5.02 Å². The van der Waals surface area contributed by atoms with Crippen molar-refractivity contribution >= 4 is 41.0 Å². The molecule has 0 unspecified atom stereocenters. The van der Waals surface area contributed by atoms with Gasteiger partial charge >= 0.3 is 0 Å². The predicted octanol–water partition coefficient (Wildman–Crippen LogP) is 4.26. The number of carbonyl (C=O) groups excluding carboxylic acids is 2. The van der Waals surface area contributed by atoms with Crippen molar-refractivity contribution in [3.63, 3.8) is 0 Å². The van der Waals surface area contributed by atoms with Gasteiger partial charge in [0.1, 0.15) is 0 Å². The first-order valence-corrected chi connectivity index (χ1v) is 9.05. The predicted molar refractivity (Wildman–Crippen MR) is 114 cm³/mol. The fraction of sp³-hybridized carbons (Fsp3) is 0. The molecule has 9 heteroatoms. The van der Waals surface area contributed by atoms with Gasteiger partial charge in [0.25, 0.3) is 17.5 Å². The van der Waals surface area contributed by atoms with Gasteiger partial charge in [0.15, 0.2) is 0 Å². The minimum Gasteiger partial charge on any atom is -0.322 e. The number of halogens is 1. The molecule has 0 aromatic heterocycles. The summed E-state index contributed by atoms with van der Waals surface area (Å²) in [5.74, 6) is -0.803. The van der Waals surface area contributed by atoms with E-state index < -0.39 is 10.8 Å². The second kappa shape index (κ2) is 9.44. The molecule has 0 radical (unpaired) electrons. The van der Waals surface area contributed by atoms with Crippen LogP contribution < -0.4 is 10.7 Å². The number of benzene rings is 3. The zero-order valence-electron chi connectivity index (χ0n) is 15.4. The van der Waals surface area contributed by atoms with E-state index in [4.69, 9.17) is 11.6 Å². The molecule has 0 spiro atoms. The molecule has 3 aromatic carbocycles. The average molecular weight is 423 g/mol. The Morgan fingerprint density at radius 3 is 2.23 bits per heavy atom. The minimum absolute atomic E-state index is 0.0297. The molecule has 0 aliphatic carbocycles. The number of hydrogen-bond acceptors (Lipinski definition) is 5. The number of amides is 2. The number of nitrogens with one attached hydrogen (secondary N) is 2. The lowest BCUT2D eigenvalue weighted by atomic mass is 10.1. The van der Waals surface area contributed by atoms with Gasteiger partial charge in [-0.2, -0.15) is 5.10 Å². The monoisotopic (exact) mass is 422 g/mol. The minimum atomic E-state index is -0.497. The van der Waals surface area contributed by atoms with Crippen molar-refractivity contribution in [2.45, 2.75) is 0 Å². The fourth-order valence-electron chi connectivity index (χ4n) is 2.46. The van der Waals surface area contributed by atoms with Gasteiger partial charge in [-0.05, 0) is 54.1 Å². The highest BCUT2D eigenvalue weighted by molar-refractivity contribution is 6.34. The van der Waals surface area contributed by atoms with Gasteiger partial charge in [-0.3, -0.25) is 19.7 Å². The lowest BCUT2D eigenvalue weighted by Gasteiger charge is -2.07. The number of nitro groups is 1. The Balaban J connectivity index is 1.57. The van der Waals surface area contributed by atoms with Crippen LogP contribution >= 0.6 is 11.6 Å². The molecule has 2 amide bonds. The normalized spacial score (nSPS) is 10.6. The molecule has 0 fully saturated rings. The maximum atomic E-state index is 12.3. The summed E-state index contributed by atoms with van der Waals surface area (Å²) in [5.41, 5.74) is 4.13. The summed E-state index contributed by atoms with van der Waals surface area (Å²) in [5, 5.41) is 17.5. The second-order valence-electron chi connectivity index (χ2n) is 6.06. The number of nitrogens with zero attached hydrogens (tertiary/aromatic N) is 2. The lowest BCUT2D eigenvalue weighted by molar-refractivity contribution is -0.384. The Labute approximate surface area is 176 Å². The van der Waals surface area contributed by atoms with Gasteiger partial charge in [0, 0.05) is 23.4 Å². The fourth-order valence-corrected chi connectivity index (χ4v) is 2.68. The molecule has 0 heterocycles. The van der Waals surface area contributed by atoms with E-state index in [0.717, 1.165) is 0 Å². The van der Waals surface area contributed by atoms with Crippen LogP contribution in [-0.2, 0) is 0 Å². The quantitative estimate of drug-likeness (QED) is 0.351. The van der Waals surface area contributed by atoms with Gasteiger partial charge < -0.3 is 5.32 Å². The second-order valence-corrected chi connectivity index (χ2v) is 6.47. The van der Waals surface area contributed by atoms with Gasteiger partial charge in [-0.1, -0.05) is 23.7 Å². The smallest absolute Gasteiger partial charge is 0.271 e. The van der Waals surface area contributed by atoms with Crippen molar-refractivity contribution in [3.05, 3.63) is 105 Å². The maximum absolute atomic E-state index is 12.3. The number of carbonyl (C=O) groups is 2. The van der Waals surface area contributed by atoms with Crippen LogP contribution in [0.15, 0.2) is 77.9 Å². The van der Waals surface area contributed by atoms with Crippen LogP contribution in [0.25, 0.3) is 0 Å². The zero-order chi connectivity index (χ0) is 21.5. The van der Waals surface area contributed by atoms with Crippen molar-refractivity contribution in [1.82, 2.24) is 5.43 Å². The van der Waals surface area contributed by atoms with Crippen molar-refractivity contribution < 1.29 is 14.5 Å². The van der Waals surface area contributed by atoms with Crippen molar-refractivity contribution in [1.29, 1.82) is 0 Å². The van der Waals surface area contributed by atoms with Gasteiger partial charge in [-0.15, -0.1) is 0 Å².